The number of H-pyrrole nitrogens is 1. The quantitative estimate of drug-likeness (QED) is 0.716. The lowest BCUT2D eigenvalue weighted by Gasteiger charge is -2.59. The third kappa shape index (κ3) is 2.55. The van der Waals surface area contributed by atoms with Gasteiger partial charge in [0.1, 0.15) is 6.04 Å². The molecule has 0 spiro atoms. The van der Waals surface area contributed by atoms with E-state index in [0.717, 1.165) is 30.0 Å². The van der Waals surface area contributed by atoms with Crippen LogP contribution in [0.1, 0.15) is 36.8 Å². The van der Waals surface area contributed by atoms with Crippen molar-refractivity contribution in [1.29, 1.82) is 0 Å². The molecule has 2 fully saturated rings. The van der Waals surface area contributed by atoms with Gasteiger partial charge >= 0.3 is 0 Å². The first-order valence-electron chi connectivity index (χ1n) is 8.50. The van der Waals surface area contributed by atoms with E-state index in [1.807, 2.05) is 18.7 Å². The lowest BCUT2D eigenvalue weighted by Crippen LogP contribution is -2.70. The van der Waals surface area contributed by atoms with E-state index in [-0.39, 0.29) is 16.7 Å². The summed E-state index contributed by atoms with van der Waals surface area (Å²) in [5, 5.41) is 17.9. The minimum absolute atomic E-state index is 0.0866. The van der Waals surface area contributed by atoms with E-state index < -0.39 is 12.1 Å². The molecular weight excluding hydrogens is 306 g/mol. The zero-order chi connectivity index (χ0) is 17.9. The average Bonchev–Trinajstić information content (AvgIpc) is 2.80. The van der Waals surface area contributed by atoms with E-state index in [1.54, 1.807) is 0 Å². The summed E-state index contributed by atoms with van der Waals surface area (Å²) in [4.78, 5) is 17.2. The predicted molar refractivity (Wildman–Crippen MR) is 91.3 cm³/mol. The Labute approximate surface area is 143 Å². The third-order valence-electron chi connectivity index (χ3n) is 5.76. The van der Waals surface area contributed by atoms with Crippen LogP contribution in [-0.4, -0.2) is 70.3 Å². The SMILES string of the molecule is Cc1n[nH]c(C)c1[C@H](N)C(=O)N1C[C@]2(C)CN(C)C[C@](C)(C1)C2O. The minimum atomic E-state index is -0.718. The van der Waals surface area contributed by atoms with Crippen LogP contribution < -0.4 is 5.73 Å². The van der Waals surface area contributed by atoms with Crippen molar-refractivity contribution in [2.75, 3.05) is 33.2 Å². The number of amides is 1. The molecule has 2 aliphatic rings. The molecule has 0 aliphatic carbocycles. The van der Waals surface area contributed by atoms with Crippen LogP contribution in [0.2, 0.25) is 0 Å². The molecule has 2 aliphatic heterocycles. The lowest BCUT2D eigenvalue weighted by atomic mass is 9.63. The monoisotopic (exact) mass is 335 g/mol. The normalized spacial score (nSPS) is 35.1. The second-order valence-corrected chi connectivity index (χ2v) is 8.40. The molecule has 4 atom stereocenters. The number of carbonyl (C=O) groups is 1. The van der Waals surface area contributed by atoms with Gasteiger partial charge in [-0.3, -0.25) is 9.89 Å². The van der Waals surface area contributed by atoms with Gasteiger partial charge in [0.05, 0.1) is 11.8 Å². The summed E-state index contributed by atoms with van der Waals surface area (Å²) in [7, 11) is 2.07. The molecule has 0 aromatic carbocycles. The molecule has 4 N–H and O–H groups in total. The van der Waals surface area contributed by atoms with Gasteiger partial charge < -0.3 is 20.6 Å². The highest BCUT2D eigenvalue weighted by Gasteiger charge is 2.56. The molecule has 0 saturated carbocycles. The van der Waals surface area contributed by atoms with Crippen molar-refractivity contribution in [3.05, 3.63) is 17.0 Å². The Morgan fingerprint density at radius 3 is 2.29 bits per heavy atom. The first kappa shape index (κ1) is 17.4. The van der Waals surface area contributed by atoms with Gasteiger partial charge in [0, 0.05) is 48.3 Å². The van der Waals surface area contributed by atoms with Crippen LogP contribution in [0, 0.1) is 24.7 Å². The Morgan fingerprint density at radius 1 is 1.29 bits per heavy atom. The van der Waals surface area contributed by atoms with E-state index in [0.29, 0.717) is 13.1 Å². The number of likely N-dealkylation sites (tertiary alicyclic amines) is 2. The van der Waals surface area contributed by atoms with E-state index in [1.165, 1.54) is 0 Å². The predicted octanol–water partition coefficient (Wildman–Crippen LogP) is 0.187. The van der Waals surface area contributed by atoms with E-state index in [9.17, 15) is 9.90 Å². The van der Waals surface area contributed by atoms with Gasteiger partial charge in [-0.05, 0) is 20.9 Å². The van der Waals surface area contributed by atoms with Crippen molar-refractivity contribution in [1.82, 2.24) is 20.0 Å². The summed E-state index contributed by atoms with van der Waals surface area (Å²) in [6.07, 6.45) is -0.418. The molecule has 134 valence electrons. The number of aryl methyl sites for hydroxylation is 2. The molecule has 3 heterocycles. The van der Waals surface area contributed by atoms with Gasteiger partial charge in [-0.15, -0.1) is 0 Å². The Hall–Kier alpha value is -1.44. The fourth-order valence-electron chi connectivity index (χ4n) is 5.00. The number of aliphatic hydroxyl groups is 1. The molecule has 1 aromatic heterocycles. The molecule has 2 bridgehead atoms. The summed E-state index contributed by atoms with van der Waals surface area (Å²) in [6.45, 7) is 10.5. The van der Waals surface area contributed by atoms with Crippen molar-refractivity contribution in [2.24, 2.45) is 16.6 Å². The molecule has 1 unspecified atom stereocenters. The van der Waals surface area contributed by atoms with Crippen molar-refractivity contribution in [2.45, 2.75) is 39.8 Å². The van der Waals surface area contributed by atoms with E-state index in [4.69, 9.17) is 5.73 Å². The Kier molecular flexibility index (Phi) is 4.01. The highest BCUT2D eigenvalue weighted by atomic mass is 16.3. The topological polar surface area (TPSA) is 98.5 Å². The van der Waals surface area contributed by atoms with Crippen LogP contribution in [0.5, 0.6) is 0 Å². The Balaban J connectivity index is 1.87. The fraction of sp³-hybridized carbons (Fsp3) is 0.765. The van der Waals surface area contributed by atoms with Gasteiger partial charge in [0.25, 0.3) is 0 Å². The largest absolute Gasteiger partial charge is 0.392 e. The first-order valence-corrected chi connectivity index (χ1v) is 8.50. The zero-order valence-corrected chi connectivity index (χ0v) is 15.3. The van der Waals surface area contributed by atoms with Gasteiger partial charge in [-0.2, -0.15) is 5.10 Å². The number of nitrogens with zero attached hydrogens (tertiary/aromatic N) is 3. The molecule has 3 rings (SSSR count). The summed E-state index contributed by atoms with van der Waals surface area (Å²) in [5.74, 6) is -0.0866. The molecule has 2 saturated heterocycles. The molecule has 24 heavy (non-hydrogen) atoms. The number of nitrogens with two attached hydrogens (primary N) is 1. The van der Waals surface area contributed by atoms with Crippen molar-refractivity contribution < 1.29 is 9.90 Å². The second-order valence-electron chi connectivity index (χ2n) is 8.40. The number of hydrogen-bond donors (Lipinski definition) is 3. The molecule has 7 heteroatoms. The maximum Gasteiger partial charge on any atom is 0.244 e. The first-order chi connectivity index (χ1) is 11.1. The summed E-state index contributed by atoms with van der Waals surface area (Å²) >= 11 is 0. The Morgan fingerprint density at radius 2 is 1.83 bits per heavy atom. The van der Waals surface area contributed by atoms with Crippen LogP contribution in [0.15, 0.2) is 0 Å². The third-order valence-corrected chi connectivity index (χ3v) is 5.76. The van der Waals surface area contributed by atoms with E-state index in [2.05, 4.69) is 36.0 Å². The summed E-state index contributed by atoms with van der Waals surface area (Å²) in [5.41, 5.74) is 8.00. The van der Waals surface area contributed by atoms with Gasteiger partial charge in [0.2, 0.25) is 5.91 Å². The highest BCUT2D eigenvalue weighted by molar-refractivity contribution is 5.84. The minimum Gasteiger partial charge on any atom is -0.392 e. The van der Waals surface area contributed by atoms with Crippen LogP contribution in [0.25, 0.3) is 0 Å². The second kappa shape index (κ2) is 5.54. The molecule has 1 amide bonds. The smallest absolute Gasteiger partial charge is 0.244 e. The van der Waals surface area contributed by atoms with Gasteiger partial charge in [0.15, 0.2) is 0 Å². The van der Waals surface area contributed by atoms with Gasteiger partial charge in [-0.1, -0.05) is 13.8 Å². The van der Waals surface area contributed by atoms with Crippen molar-refractivity contribution in [3.63, 3.8) is 0 Å². The number of aromatic amines is 1. The molecule has 1 aromatic rings. The molecule has 7 nitrogen and oxygen atoms in total. The number of hydrogen-bond acceptors (Lipinski definition) is 5. The molecule has 0 radical (unpaired) electrons. The van der Waals surface area contributed by atoms with Crippen LogP contribution >= 0.6 is 0 Å². The van der Waals surface area contributed by atoms with Crippen molar-refractivity contribution >= 4 is 5.91 Å². The molecular formula is C17H29N5O2. The van der Waals surface area contributed by atoms with E-state index >= 15 is 0 Å². The summed E-state index contributed by atoms with van der Waals surface area (Å²) in [6, 6.07) is -0.718. The van der Waals surface area contributed by atoms with Crippen LogP contribution in [0.3, 0.4) is 0 Å². The maximum atomic E-state index is 13.1. The van der Waals surface area contributed by atoms with Gasteiger partial charge in [-0.25, -0.2) is 0 Å². The number of piperidine rings is 2. The number of nitrogens with one attached hydrogen (secondary N) is 1. The van der Waals surface area contributed by atoms with Crippen LogP contribution in [-0.2, 0) is 4.79 Å². The highest BCUT2D eigenvalue weighted by Crippen LogP contribution is 2.45. The van der Waals surface area contributed by atoms with Crippen LogP contribution in [0.4, 0.5) is 0 Å². The number of rotatable bonds is 2. The number of fused-ring (bicyclic) bond motifs is 2. The average molecular weight is 335 g/mol. The fourth-order valence-corrected chi connectivity index (χ4v) is 5.00. The lowest BCUT2D eigenvalue weighted by molar-refractivity contribution is -0.180. The summed E-state index contributed by atoms with van der Waals surface area (Å²) < 4.78 is 0. The number of aliphatic hydroxyl groups excluding tert-OH is 1. The maximum absolute atomic E-state index is 13.1. The standard InChI is InChI=1S/C17H29N5O2/c1-10-12(11(2)20-19-10)13(18)14(23)22-8-16(3)6-21(5)7-17(4,9-22)15(16)24/h13,15,24H,6-9,18H2,1-5H3,(H,19,20)/t13-,15?,16-,17+/m0/s1. The Bertz CT molecular complexity index is 618. The zero-order valence-electron chi connectivity index (χ0n) is 15.3. The number of carbonyl (C=O) groups excluding carboxylic acids is 1. The van der Waals surface area contributed by atoms with Crippen molar-refractivity contribution in [3.8, 4) is 0 Å². The number of aromatic nitrogens is 2.